The highest BCUT2D eigenvalue weighted by atomic mass is 35.5. The maximum atomic E-state index is 12.7. The van der Waals surface area contributed by atoms with Gasteiger partial charge in [-0.25, -0.2) is 15.0 Å². The number of halogens is 2. The number of nitrogens with one attached hydrogen (secondary N) is 4. The molecule has 1 saturated carbocycles. The fourth-order valence-corrected chi connectivity index (χ4v) is 4.35. The minimum Gasteiger partial charge on any atom is -0.365 e. The summed E-state index contributed by atoms with van der Waals surface area (Å²) in [6.45, 7) is 8.11. The van der Waals surface area contributed by atoms with Crippen LogP contribution in [0.3, 0.4) is 0 Å². The average molecular weight is 527 g/mol. The molecule has 1 saturated heterocycles. The maximum Gasteiger partial charge on any atom is 0.289 e. The molecule has 0 radical (unpaired) electrons. The van der Waals surface area contributed by atoms with E-state index in [2.05, 4.69) is 45.8 Å². The molecular formula is C24H37Cl2N7O2. The number of guanidine groups is 1. The van der Waals surface area contributed by atoms with E-state index in [1.165, 1.54) is 0 Å². The van der Waals surface area contributed by atoms with Crippen molar-refractivity contribution in [3.05, 3.63) is 29.6 Å². The molecule has 1 amide bonds. The van der Waals surface area contributed by atoms with E-state index in [-0.39, 0.29) is 48.6 Å². The number of aromatic nitrogens is 2. The Morgan fingerprint density at radius 2 is 1.91 bits per heavy atom. The van der Waals surface area contributed by atoms with Crippen LogP contribution in [0.15, 0.2) is 18.2 Å². The molecule has 0 spiro atoms. The predicted molar refractivity (Wildman–Crippen MR) is 144 cm³/mol. The normalized spacial score (nSPS) is 19.6. The zero-order chi connectivity index (χ0) is 23.4. The largest absolute Gasteiger partial charge is 0.365 e. The van der Waals surface area contributed by atoms with Crippen LogP contribution in [0.4, 0.5) is 5.82 Å². The van der Waals surface area contributed by atoms with E-state index in [4.69, 9.17) is 10.2 Å². The molecule has 9 nitrogen and oxygen atoms in total. The highest BCUT2D eigenvalue weighted by Gasteiger charge is 2.29. The first-order chi connectivity index (χ1) is 15.9. The molecule has 11 heteroatoms. The molecular weight excluding hydrogens is 489 g/mol. The topological polar surface area (TPSA) is 115 Å². The van der Waals surface area contributed by atoms with Crippen LogP contribution in [0.5, 0.6) is 0 Å². The third-order valence-corrected chi connectivity index (χ3v) is 6.14. The van der Waals surface area contributed by atoms with Crippen molar-refractivity contribution < 1.29 is 9.63 Å². The maximum absolute atomic E-state index is 12.7. The fraction of sp³-hybridized carbons (Fsp3) is 0.583. The van der Waals surface area contributed by atoms with E-state index < -0.39 is 0 Å². The second-order valence-corrected chi connectivity index (χ2v) is 9.44. The average Bonchev–Trinajstić information content (AvgIpc) is 3.34. The third kappa shape index (κ3) is 7.32. The van der Waals surface area contributed by atoms with Crippen molar-refractivity contribution in [2.75, 3.05) is 25.0 Å². The smallest absolute Gasteiger partial charge is 0.289 e. The molecule has 1 aromatic carbocycles. The van der Waals surface area contributed by atoms with E-state index in [1.807, 2.05) is 19.1 Å². The highest BCUT2D eigenvalue weighted by Crippen LogP contribution is 2.27. The van der Waals surface area contributed by atoms with Gasteiger partial charge in [0.1, 0.15) is 5.82 Å². The number of aryl methyl sites for hydroxylation is 1. The van der Waals surface area contributed by atoms with Gasteiger partial charge in [-0.2, -0.15) is 0 Å². The van der Waals surface area contributed by atoms with Crippen LogP contribution in [-0.2, 0) is 4.84 Å². The highest BCUT2D eigenvalue weighted by molar-refractivity contribution is 5.96. The monoisotopic (exact) mass is 525 g/mol. The third-order valence-electron chi connectivity index (χ3n) is 6.14. The molecule has 35 heavy (non-hydrogen) atoms. The van der Waals surface area contributed by atoms with Crippen molar-refractivity contribution >= 4 is 53.4 Å². The summed E-state index contributed by atoms with van der Waals surface area (Å²) in [4.78, 5) is 27.4. The second kappa shape index (κ2) is 13.1. The molecule has 1 aliphatic heterocycles. The molecule has 194 valence electrons. The summed E-state index contributed by atoms with van der Waals surface area (Å²) >= 11 is 0. The van der Waals surface area contributed by atoms with Gasteiger partial charge in [-0.15, -0.1) is 24.8 Å². The van der Waals surface area contributed by atoms with Gasteiger partial charge in [0.15, 0.2) is 0 Å². The SMILES string of the molecule is Cc1ccc2nc(C(=O)NCC(C)C)nc(N[C@H]3CCCC[C@H]3NC(=N)N3CCCO3)c2c1.Cl.Cl. The molecule has 0 bridgehead atoms. The Balaban J connectivity index is 0.00000216. The van der Waals surface area contributed by atoms with Gasteiger partial charge in [0.2, 0.25) is 11.8 Å². The van der Waals surface area contributed by atoms with Gasteiger partial charge >= 0.3 is 0 Å². The molecule has 4 N–H and O–H groups in total. The molecule has 1 aromatic heterocycles. The molecule has 4 rings (SSSR count). The molecule has 2 heterocycles. The zero-order valence-corrected chi connectivity index (χ0v) is 22.2. The molecule has 1 aliphatic carbocycles. The number of rotatable bonds is 6. The number of amides is 1. The molecule has 2 aliphatic rings. The molecule has 2 aromatic rings. The van der Waals surface area contributed by atoms with Gasteiger partial charge in [0.25, 0.3) is 5.91 Å². The van der Waals surface area contributed by atoms with Crippen molar-refractivity contribution in [3.8, 4) is 0 Å². The van der Waals surface area contributed by atoms with Gasteiger partial charge in [0, 0.05) is 24.0 Å². The predicted octanol–water partition coefficient (Wildman–Crippen LogP) is 4.05. The summed E-state index contributed by atoms with van der Waals surface area (Å²) in [5.41, 5.74) is 1.85. The molecule has 2 fully saturated rings. The number of carbonyl (C=O) groups excluding carboxylic acids is 1. The minimum absolute atomic E-state index is 0. The van der Waals surface area contributed by atoms with E-state index >= 15 is 0 Å². The van der Waals surface area contributed by atoms with Crippen molar-refractivity contribution in [1.29, 1.82) is 5.41 Å². The Bertz CT molecular complexity index is 1010. The summed E-state index contributed by atoms with van der Waals surface area (Å²) in [7, 11) is 0. The standard InChI is InChI=1S/C24H35N7O2.2ClH/c1-15(2)14-26-23(32)22-27-18-10-9-16(3)13-17(18)21(30-22)28-19-7-4-5-8-20(19)29-24(25)31-11-6-12-33-31;;/h9-10,13,15,19-20H,4-8,11-12,14H2,1-3H3,(H2,25,29)(H,26,32)(H,27,28,30);2*1H/t19-,20+;;/m0../s1. The lowest BCUT2D eigenvalue weighted by molar-refractivity contribution is -0.0489. The van der Waals surface area contributed by atoms with Crippen LogP contribution in [0.2, 0.25) is 0 Å². The number of fused-ring (bicyclic) bond motifs is 1. The fourth-order valence-electron chi connectivity index (χ4n) is 4.35. The van der Waals surface area contributed by atoms with Crippen LogP contribution in [0.25, 0.3) is 10.9 Å². The van der Waals surface area contributed by atoms with Crippen LogP contribution < -0.4 is 16.0 Å². The Kier molecular flexibility index (Phi) is 10.8. The van der Waals surface area contributed by atoms with Crippen molar-refractivity contribution in [1.82, 2.24) is 25.7 Å². The van der Waals surface area contributed by atoms with Gasteiger partial charge in [0.05, 0.1) is 18.7 Å². The van der Waals surface area contributed by atoms with Gasteiger partial charge in [-0.3, -0.25) is 15.0 Å². The van der Waals surface area contributed by atoms with Crippen LogP contribution >= 0.6 is 24.8 Å². The lowest BCUT2D eigenvalue weighted by Gasteiger charge is -2.35. The van der Waals surface area contributed by atoms with Crippen LogP contribution in [0.1, 0.15) is 62.1 Å². The van der Waals surface area contributed by atoms with Gasteiger partial charge < -0.3 is 16.0 Å². The Morgan fingerprint density at radius 3 is 2.60 bits per heavy atom. The summed E-state index contributed by atoms with van der Waals surface area (Å²) in [5.74, 6) is 1.23. The first kappa shape index (κ1) is 28.9. The molecule has 2 atom stereocenters. The number of carbonyl (C=O) groups is 1. The number of hydrogen-bond donors (Lipinski definition) is 4. The van der Waals surface area contributed by atoms with Gasteiger partial charge in [-0.05, 0) is 44.2 Å². The Hall–Kier alpha value is -2.36. The summed E-state index contributed by atoms with van der Waals surface area (Å²) < 4.78 is 0. The second-order valence-electron chi connectivity index (χ2n) is 9.44. The first-order valence-corrected chi connectivity index (χ1v) is 12.0. The lowest BCUT2D eigenvalue weighted by atomic mass is 9.90. The summed E-state index contributed by atoms with van der Waals surface area (Å²) in [5, 5.41) is 20.8. The quantitative estimate of drug-likeness (QED) is 0.332. The van der Waals surface area contributed by atoms with E-state index in [0.29, 0.717) is 30.8 Å². The summed E-state index contributed by atoms with van der Waals surface area (Å²) in [6, 6.07) is 6.14. The first-order valence-electron chi connectivity index (χ1n) is 12.0. The zero-order valence-electron chi connectivity index (χ0n) is 20.6. The number of anilines is 1. The Morgan fingerprint density at radius 1 is 1.17 bits per heavy atom. The van der Waals surface area contributed by atoms with E-state index in [9.17, 15) is 4.79 Å². The van der Waals surface area contributed by atoms with Crippen molar-refractivity contribution in [2.24, 2.45) is 5.92 Å². The number of hydrogen-bond acceptors (Lipinski definition) is 6. The van der Waals surface area contributed by atoms with E-state index in [0.717, 1.165) is 55.1 Å². The minimum atomic E-state index is -0.263. The number of hydroxylamine groups is 2. The lowest BCUT2D eigenvalue weighted by Crippen LogP contribution is -2.52. The van der Waals surface area contributed by atoms with Crippen LogP contribution in [-0.4, -0.2) is 58.7 Å². The summed E-state index contributed by atoms with van der Waals surface area (Å²) in [6.07, 6.45) is 5.06. The Labute approximate surface area is 219 Å². The van der Waals surface area contributed by atoms with Crippen molar-refractivity contribution in [3.63, 3.8) is 0 Å². The molecule has 0 unspecified atom stereocenters. The number of nitrogens with zero attached hydrogens (tertiary/aromatic N) is 3. The van der Waals surface area contributed by atoms with Gasteiger partial charge in [-0.1, -0.05) is 38.3 Å². The van der Waals surface area contributed by atoms with E-state index in [1.54, 1.807) is 5.06 Å². The van der Waals surface area contributed by atoms with Crippen LogP contribution in [0, 0.1) is 18.3 Å². The van der Waals surface area contributed by atoms with Crippen molar-refractivity contribution in [2.45, 2.75) is 65.0 Å². The number of benzene rings is 1.